The van der Waals surface area contributed by atoms with Crippen molar-refractivity contribution in [3.63, 3.8) is 0 Å². The molecule has 8 nitrogen and oxygen atoms in total. The lowest BCUT2D eigenvalue weighted by molar-refractivity contribution is -0.148. The van der Waals surface area contributed by atoms with Gasteiger partial charge in [0.2, 0.25) is 0 Å². The van der Waals surface area contributed by atoms with Gasteiger partial charge < -0.3 is 15.0 Å². The van der Waals surface area contributed by atoms with Crippen LogP contribution in [0.15, 0.2) is 24.7 Å². The van der Waals surface area contributed by atoms with Gasteiger partial charge >= 0.3 is 5.97 Å². The average Bonchev–Trinajstić information content (AvgIpc) is 3.57. The molecule has 3 aromatic heterocycles. The SMILES string of the molecule is CCOC(=O)[C@H]1CCc2c(sc3ncnc(Nc4cc5cn[nH]c5cc4N4CCCC4)c23)C1. The van der Waals surface area contributed by atoms with Crippen LogP contribution in [0.4, 0.5) is 17.2 Å². The molecule has 0 spiro atoms. The first-order chi connectivity index (χ1) is 16.2. The van der Waals surface area contributed by atoms with Crippen molar-refractivity contribution in [2.24, 2.45) is 5.92 Å². The van der Waals surface area contributed by atoms with Crippen molar-refractivity contribution in [1.29, 1.82) is 0 Å². The first-order valence-corrected chi connectivity index (χ1v) is 12.4. The van der Waals surface area contributed by atoms with Gasteiger partial charge in [-0.05, 0) is 56.7 Å². The molecule has 0 radical (unpaired) electrons. The molecule has 4 heterocycles. The Kier molecular flexibility index (Phi) is 5.13. The van der Waals surface area contributed by atoms with Gasteiger partial charge in [0.05, 0.1) is 41.0 Å². The Morgan fingerprint density at radius 2 is 2.18 bits per heavy atom. The molecule has 1 saturated heterocycles. The number of aromatic amines is 1. The third-order valence-corrected chi connectivity index (χ3v) is 7.88. The molecule has 0 unspecified atom stereocenters. The summed E-state index contributed by atoms with van der Waals surface area (Å²) in [5.41, 5.74) is 4.51. The Labute approximate surface area is 195 Å². The number of thiophene rings is 1. The zero-order chi connectivity index (χ0) is 22.4. The summed E-state index contributed by atoms with van der Waals surface area (Å²) in [6.45, 7) is 4.39. The van der Waals surface area contributed by atoms with Crippen molar-refractivity contribution in [3.8, 4) is 0 Å². The minimum Gasteiger partial charge on any atom is -0.466 e. The van der Waals surface area contributed by atoms with E-state index in [1.807, 2.05) is 13.1 Å². The van der Waals surface area contributed by atoms with Crippen LogP contribution in [-0.2, 0) is 22.4 Å². The first-order valence-electron chi connectivity index (χ1n) is 11.6. The Bertz CT molecular complexity index is 1340. The molecule has 1 aliphatic carbocycles. The Morgan fingerprint density at radius 1 is 1.30 bits per heavy atom. The highest BCUT2D eigenvalue weighted by Crippen LogP contribution is 2.42. The fourth-order valence-electron chi connectivity index (χ4n) is 5.09. The second kappa shape index (κ2) is 8.30. The van der Waals surface area contributed by atoms with Gasteiger partial charge in [0.25, 0.3) is 0 Å². The van der Waals surface area contributed by atoms with Gasteiger partial charge in [-0.1, -0.05) is 0 Å². The standard InChI is InChI=1S/C24H26N6O2S/c1-2-32-24(31)14-5-6-16-20(10-14)33-23-21(16)22(25-13-26-23)28-18-9-15-12-27-29-17(15)11-19(18)30-7-3-4-8-30/h9,11-14H,2-8,10H2,1H3,(H,27,29)(H,25,26,28)/t14-/m0/s1. The van der Waals surface area contributed by atoms with E-state index in [2.05, 4.69) is 42.5 Å². The normalized spacial score (nSPS) is 18.1. The van der Waals surface area contributed by atoms with Crippen molar-refractivity contribution >= 4 is 55.6 Å². The van der Waals surface area contributed by atoms with Crippen LogP contribution < -0.4 is 10.2 Å². The Balaban J connectivity index is 1.39. The molecule has 0 amide bonds. The number of esters is 1. The zero-order valence-corrected chi connectivity index (χ0v) is 19.4. The van der Waals surface area contributed by atoms with E-state index in [0.29, 0.717) is 13.0 Å². The van der Waals surface area contributed by atoms with Crippen LogP contribution in [-0.4, -0.2) is 45.8 Å². The van der Waals surface area contributed by atoms with Crippen LogP contribution in [0.1, 0.15) is 36.6 Å². The zero-order valence-electron chi connectivity index (χ0n) is 18.6. The largest absolute Gasteiger partial charge is 0.466 e. The average molecular weight is 463 g/mol. The van der Waals surface area contributed by atoms with E-state index in [1.165, 1.54) is 29.0 Å². The van der Waals surface area contributed by atoms with E-state index in [-0.39, 0.29) is 11.9 Å². The van der Waals surface area contributed by atoms with Crippen molar-refractivity contribution in [2.75, 3.05) is 29.9 Å². The minimum atomic E-state index is -0.0892. The van der Waals surface area contributed by atoms with Gasteiger partial charge in [-0.15, -0.1) is 11.3 Å². The maximum Gasteiger partial charge on any atom is 0.309 e. The smallest absolute Gasteiger partial charge is 0.309 e. The number of benzene rings is 1. The number of fused-ring (bicyclic) bond motifs is 4. The van der Waals surface area contributed by atoms with Crippen LogP contribution >= 0.6 is 11.3 Å². The molecule has 1 fully saturated rings. The molecule has 2 N–H and O–H groups in total. The number of hydrogen-bond donors (Lipinski definition) is 2. The molecule has 33 heavy (non-hydrogen) atoms. The van der Waals surface area contributed by atoms with Crippen LogP contribution in [0.3, 0.4) is 0 Å². The topological polar surface area (TPSA) is 96.0 Å². The van der Waals surface area contributed by atoms with E-state index in [4.69, 9.17) is 4.74 Å². The molecule has 0 bridgehead atoms. The number of ether oxygens (including phenoxy) is 1. The lowest BCUT2D eigenvalue weighted by Crippen LogP contribution is -2.23. The highest BCUT2D eigenvalue weighted by Gasteiger charge is 2.30. The van der Waals surface area contributed by atoms with Crippen LogP contribution in [0.5, 0.6) is 0 Å². The molecule has 6 rings (SSSR count). The van der Waals surface area contributed by atoms with Crippen LogP contribution in [0, 0.1) is 5.92 Å². The highest BCUT2D eigenvalue weighted by atomic mass is 32.1. The fraction of sp³-hybridized carbons (Fsp3) is 0.417. The number of nitrogens with one attached hydrogen (secondary N) is 2. The highest BCUT2D eigenvalue weighted by molar-refractivity contribution is 7.19. The van der Waals surface area contributed by atoms with Gasteiger partial charge in [0.15, 0.2) is 0 Å². The van der Waals surface area contributed by atoms with Crippen molar-refractivity contribution in [1.82, 2.24) is 20.2 Å². The summed E-state index contributed by atoms with van der Waals surface area (Å²) in [6.07, 6.45) is 8.24. The molecule has 0 saturated carbocycles. The summed E-state index contributed by atoms with van der Waals surface area (Å²) in [4.78, 5) is 26.1. The molecule has 1 aromatic carbocycles. The summed E-state index contributed by atoms with van der Waals surface area (Å²) >= 11 is 1.67. The number of aryl methyl sites for hydroxylation is 1. The predicted molar refractivity (Wildman–Crippen MR) is 130 cm³/mol. The van der Waals surface area contributed by atoms with Crippen molar-refractivity contribution in [2.45, 2.75) is 39.0 Å². The molecule has 1 aliphatic heterocycles. The Morgan fingerprint density at radius 3 is 3.03 bits per heavy atom. The maximum atomic E-state index is 12.3. The molecule has 4 aromatic rings. The summed E-state index contributed by atoms with van der Waals surface area (Å²) in [7, 11) is 0. The molecule has 1 atom stereocenters. The molecule has 170 valence electrons. The quantitative estimate of drug-likeness (QED) is 0.419. The summed E-state index contributed by atoms with van der Waals surface area (Å²) < 4.78 is 5.28. The molecular weight excluding hydrogens is 436 g/mol. The van der Waals surface area contributed by atoms with E-state index in [9.17, 15) is 4.79 Å². The first kappa shape index (κ1) is 20.4. The molecule has 9 heteroatoms. The number of carbonyl (C=O) groups excluding carboxylic acids is 1. The van der Waals surface area contributed by atoms with Crippen molar-refractivity contribution in [3.05, 3.63) is 35.1 Å². The van der Waals surface area contributed by atoms with Gasteiger partial charge in [0, 0.05) is 23.4 Å². The molecular formula is C24H26N6O2S. The third-order valence-electron chi connectivity index (χ3n) is 6.72. The van der Waals surface area contributed by atoms with E-state index in [0.717, 1.165) is 58.6 Å². The summed E-state index contributed by atoms with van der Waals surface area (Å²) in [5, 5.41) is 13.1. The van der Waals surface area contributed by atoms with Gasteiger partial charge in [-0.3, -0.25) is 9.89 Å². The van der Waals surface area contributed by atoms with Crippen molar-refractivity contribution < 1.29 is 9.53 Å². The number of H-pyrrole nitrogens is 1. The number of rotatable bonds is 5. The number of carbonyl (C=O) groups is 1. The van der Waals surface area contributed by atoms with Crippen LogP contribution in [0.2, 0.25) is 0 Å². The lowest BCUT2D eigenvalue weighted by atomic mass is 9.88. The van der Waals surface area contributed by atoms with Gasteiger partial charge in [-0.2, -0.15) is 5.10 Å². The second-order valence-electron chi connectivity index (χ2n) is 8.74. The lowest BCUT2D eigenvalue weighted by Gasteiger charge is -2.23. The summed E-state index contributed by atoms with van der Waals surface area (Å²) in [6, 6.07) is 4.33. The van der Waals surface area contributed by atoms with E-state index in [1.54, 1.807) is 17.7 Å². The molecule has 2 aliphatic rings. The fourth-order valence-corrected chi connectivity index (χ4v) is 6.36. The van der Waals surface area contributed by atoms with E-state index >= 15 is 0 Å². The monoisotopic (exact) mass is 462 g/mol. The van der Waals surface area contributed by atoms with Gasteiger partial charge in [-0.25, -0.2) is 9.97 Å². The second-order valence-corrected chi connectivity index (χ2v) is 9.83. The minimum absolute atomic E-state index is 0.0693. The number of hydrogen-bond acceptors (Lipinski definition) is 8. The third kappa shape index (κ3) is 3.60. The maximum absolute atomic E-state index is 12.3. The summed E-state index contributed by atoms with van der Waals surface area (Å²) in [5.74, 6) is 0.671. The number of anilines is 3. The number of nitrogens with zero attached hydrogens (tertiary/aromatic N) is 4. The van der Waals surface area contributed by atoms with Crippen LogP contribution in [0.25, 0.3) is 21.1 Å². The number of aromatic nitrogens is 4. The Hall–Kier alpha value is -3.20. The van der Waals surface area contributed by atoms with Gasteiger partial charge in [0.1, 0.15) is 17.0 Å². The van der Waals surface area contributed by atoms with E-state index < -0.39 is 0 Å². The predicted octanol–water partition coefficient (Wildman–Crippen LogP) is 4.58.